The van der Waals surface area contributed by atoms with E-state index < -0.39 is 0 Å². The lowest BCUT2D eigenvalue weighted by Gasteiger charge is -2.32. The molecule has 1 aliphatic rings. The number of piperazine rings is 1. The molecule has 128 valence electrons. The summed E-state index contributed by atoms with van der Waals surface area (Å²) in [5.74, 6) is -0.0250. The van der Waals surface area contributed by atoms with Crippen molar-refractivity contribution in [1.29, 1.82) is 0 Å². The van der Waals surface area contributed by atoms with Crippen molar-refractivity contribution < 1.29 is 4.79 Å². The first-order valence-electron chi connectivity index (χ1n) is 8.29. The highest BCUT2D eigenvalue weighted by molar-refractivity contribution is 7.09. The van der Waals surface area contributed by atoms with Crippen LogP contribution in [0.2, 0.25) is 0 Å². The van der Waals surface area contributed by atoms with Gasteiger partial charge in [-0.05, 0) is 31.7 Å². The molecule has 5 nitrogen and oxygen atoms in total. The maximum absolute atomic E-state index is 12.4. The molecule has 0 aliphatic carbocycles. The summed E-state index contributed by atoms with van der Waals surface area (Å²) in [6.45, 7) is 7.79. The fraction of sp³-hybridized carbons (Fsp3) is 0.444. The topological polar surface area (TPSA) is 48.5 Å². The minimum absolute atomic E-state index is 0.0250. The van der Waals surface area contributed by atoms with Crippen molar-refractivity contribution in [3.63, 3.8) is 0 Å². The third-order valence-corrected chi connectivity index (χ3v) is 5.38. The standard InChI is InChI=1S/C18H24N4OS/c1-14-17(24-13-20-14)11-19-18(23)16-5-3-4-15(10-16)12-22-8-6-21(2)7-9-22/h3-5,10,13H,6-9,11-12H2,1-2H3,(H,19,23). The number of hydrogen-bond acceptors (Lipinski definition) is 5. The number of aryl methyl sites for hydroxylation is 1. The number of amides is 1. The first-order valence-corrected chi connectivity index (χ1v) is 9.17. The van der Waals surface area contributed by atoms with Crippen molar-refractivity contribution in [2.75, 3.05) is 33.2 Å². The van der Waals surface area contributed by atoms with Crippen molar-refractivity contribution in [3.05, 3.63) is 51.5 Å². The minimum Gasteiger partial charge on any atom is -0.347 e. The zero-order valence-corrected chi connectivity index (χ0v) is 15.1. The molecular weight excluding hydrogens is 320 g/mol. The summed E-state index contributed by atoms with van der Waals surface area (Å²) in [4.78, 5) is 22.5. The summed E-state index contributed by atoms with van der Waals surface area (Å²) in [7, 11) is 2.16. The molecule has 2 aromatic rings. The van der Waals surface area contributed by atoms with E-state index in [4.69, 9.17) is 0 Å². The molecule has 1 fully saturated rings. The predicted molar refractivity (Wildman–Crippen MR) is 97.2 cm³/mol. The van der Waals surface area contributed by atoms with Gasteiger partial charge in [0.1, 0.15) is 0 Å². The number of carbonyl (C=O) groups is 1. The summed E-state index contributed by atoms with van der Waals surface area (Å²) in [6.07, 6.45) is 0. The monoisotopic (exact) mass is 344 g/mol. The average Bonchev–Trinajstić information content (AvgIpc) is 3.00. The van der Waals surface area contributed by atoms with Gasteiger partial charge < -0.3 is 10.2 Å². The van der Waals surface area contributed by atoms with Gasteiger partial charge >= 0.3 is 0 Å². The highest BCUT2D eigenvalue weighted by Crippen LogP contribution is 2.13. The Morgan fingerprint density at radius 1 is 1.29 bits per heavy atom. The molecule has 1 aromatic carbocycles. The highest BCUT2D eigenvalue weighted by atomic mass is 32.1. The predicted octanol–water partition coefficient (Wildman–Crippen LogP) is 2.13. The van der Waals surface area contributed by atoms with E-state index in [0.29, 0.717) is 6.54 Å². The van der Waals surface area contributed by atoms with Crippen LogP contribution in [-0.4, -0.2) is 53.9 Å². The van der Waals surface area contributed by atoms with Gasteiger partial charge in [-0.1, -0.05) is 12.1 Å². The van der Waals surface area contributed by atoms with E-state index in [1.54, 1.807) is 11.3 Å². The Kier molecular flexibility index (Phi) is 5.60. The molecule has 24 heavy (non-hydrogen) atoms. The maximum atomic E-state index is 12.4. The Morgan fingerprint density at radius 2 is 2.08 bits per heavy atom. The van der Waals surface area contributed by atoms with Crippen molar-refractivity contribution in [2.45, 2.75) is 20.0 Å². The summed E-state index contributed by atoms with van der Waals surface area (Å²) in [5.41, 5.74) is 4.72. The van der Waals surface area contributed by atoms with Crippen LogP contribution in [0, 0.1) is 6.92 Å². The van der Waals surface area contributed by atoms with E-state index in [0.717, 1.165) is 48.9 Å². The number of hydrogen-bond donors (Lipinski definition) is 1. The SMILES string of the molecule is Cc1ncsc1CNC(=O)c1cccc(CN2CCN(C)CC2)c1. The van der Waals surface area contributed by atoms with Gasteiger partial charge in [-0.15, -0.1) is 11.3 Å². The van der Waals surface area contributed by atoms with Crippen LogP contribution in [-0.2, 0) is 13.1 Å². The molecule has 0 radical (unpaired) electrons. The van der Waals surface area contributed by atoms with Gasteiger partial charge in [0.2, 0.25) is 0 Å². The molecule has 1 aliphatic heterocycles. The van der Waals surface area contributed by atoms with E-state index in [2.05, 4.69) is 33.2 Å². The second-order valence-corrected chi connectivity index (χ2v) is 7.26. The lowest BCUT2D eigenvalue weighted by atomic mass is 10.1. The Hall–Kier alpha value is -1.76. The van der Waals surface area contributed by atoms with Crippen molar-refractivity contribution >= 4 is 17.2 Å². The minimum atomic E-state index is -0.0250. The summed E-state index contributed by atoms with van der Waals surface area (Å²) in [5, 5.41) is 2.99. The maximum Gasteiger partial charge on any atom is 0.251 e. The van der Waals surface area contributed by atoms with Crippen LogP contribution in [0.15, 0.2) is 29.8 Å². The van der Waals surface area contributed by atoms with E-state index in [-0.39, 0.29) is 5.91 Å². The number of aromatic nitrogens is 1. The number of benzene rings is 1. The molecule has 0 spiro atoms. The second kappa shape index (κ2) is 7.88. The average molecular weight is 344 g/mol. The summed E-state index contributed by atoms with van der Waals surface area (Å²) in [6, 6.07) is 7.95. The van der Waals surface area contributed by atoms with Gasteiger partial charge in [0.15, 0.2) is 0 Å². The van der Waals surface area contributed by atoms with E-state index in [1.165, 1.54) is 5.56 Å². The van der Waals surface area contributed by atoms with Gasteiger partial charge in [-0.25, -0.2) is 4.98 Å². The van der Waals surface area contributed by atoms with Crippen LogP contribution in [0.5, 0.6) is 0 Å². The van der Waals surface area contributed by atoms with Crippen LogP contribution in [0.25, 0.3) is 0 Å². The quantitative estimate of drug-likeness (QED) is 0.903. The number of likely N-dealkylation sites (N-methyl/N-ethyl adjacent to an activating group) is 1. The largest absolute Gasteiger partial charge is 0.347 e. The van der Waals surface area contributed by atoms with Crippen molar-refractivity contribution in [3.8, 4) is 0 Å². The molecule has 0 atom stereocenters. The van der Waals surface area contributed by atoms with Gasteiger partial charge in [-0.3, -0.25) is 9.69 Å². The Labute approximate surface area is 147 Å². The van der Waals surface area contributed by atoms with Gasteiger partial charge in [0.25, 0.3) is 5.91 Å². The zero-order chi connectivity index (χ0) is 16.9. The molecule has 1 saturated heterocycles. The molecule has 0 unspecified atom stereocenters. The highest BCUT2D eigenvalue weighted by Gasteiger charge is 2.14. The molecule has 1 amide bonds. The van der Waals surface area contributed by atoms with Gasteiger partial charge in [-0.2, -0.15) is 0 Å². The fourth-order valence-corrected chi connectivity index (χ4v) is 3.55. The van der Waals surface area contributed by atoms with Crippen molar-refractivity contribution in [1.82, 2.24) is 20.1 Å². The van der Waals surface area contributed by atoms with Gasteiger partial charge in [0, 0.05) is 43.2 Å². The van der Waals surface area contributed by atoms with E-state index in [1.807, 2.05) is 30.6 Å². The van der Waals surface area contributed by atoms with E-state index >= 15 is 0 Å². The molecule has 1 N–H and O–H groups in total. The molecule has 1 aromatic heterocycles. The third kappa shape index (κ3) is 4.41. The van der Waals surface area contributed by atoms with Crippen molar-refractivity contribution in [2.24, 2.45) is 0 Å². The molecule has 6 heteroatoms. The molecule has 3 rings (SSSR count). The molecular formula is C18H24N4OS. The fourth-order valence-electron chi connectivity index (χ4n) is 2.83. The second-order valence-electron chi connectivity index (χ2n) is 6.32. The Morgan fingerprint density at radius 3 is 2.79 bits per heavy atom. The van der Waals surface area contributed by atoms with Crippen LogP contribution >= 0.6 is 11.3 Å². The Bertz CT molecular complexity index is 692. The number of thiazole rings is 1. The Balaban J connectivity index is 1.58. The zero-order valence-electron chi connectivity index (χ0n) is 14.3. The first-order chi connectivity index (χ1) is 11.6. The summed E-state index contributed by atoms with van der Waals surface area (Å²) >= 11 is 1.58. The van der Waals surface area contributed by atoms with Crippen LogP contribution in [0.3, 0.4) is 0 Å². The number of nitrogens with one attached hydrogen (secondary N) is 1. The third-order valence-electron chi connectivity index (χ3n) is 4.45. The van der Waals surface area contributed by atoms with Crippen LogP contribution in [0.4, 0.5) is 0 Å². The van der Waals surface area contributed by atoms with Gasteiger partial charge in [0.05, 0.1) is 17.7 Å². The van der Waals surface area contributed by atoms with E-state index in [9.17, 15) is 4.79 Å². The number of carbonyl (C=O) groups excluding carboxylic acids is 1. The normalized spacial score (nSPS) is 16.2. The number of nitrogens with zero attached hydrogens (tertiary/aromatic N) is 3. The smallest absolute Gasteiger partial charge is 0.251 e. The first kappa shape index (κ1) is 17.1. The molecule has 0 saturated carbocycles. The van der Waals surface area contributed by atoms with Crippen LogP contribution in [0.1, 0.15) is 26.5 Å². The lowest BCUT2D eigenvalue weighted by molar-refractivity contribution is 0.0951. The summed E-state index contributed by atoms with van der Waals surface area (Å²) < 4.78 is 0. The lowest BCUT2D eigenvalue weighted by Crippen LogP contribution is -2.43. The number of rotatable bonds is 5. The van der Waals surface area contributed by atoms with Crippen LogP contribution < -0.4 is 5.32 Å². The molecule has 2 heterocycles. The molecule has 0 bridgehead atoms.